The second-order valence-electron chi connectivity index (χ2n) is 6.42. The molecular formula is C17H25N4O2. The van der Waals surface area contributed by atoms with Crippen LogP contribution in [0.1, 0.15) is 50.0 Å². The van der Waals surface area contributed by atoms with Crippen molar-refractivity contribution in [2.24, 2.45) is 11.7 Å². The van der Waals surface area contributed by atoms with Crippen molar-refractivity contribution in [3.8, 4) is 0 Å². The van der Waals surface area contributed by atoms with Crippen molar-refractivity contribution in [3.05, 3.63) is 23.9 Å². The number of aromatic nitrogens is 1. The number of anilines is 1. The standard InChI is InChI=1S/C17H25N4O2/c1-12(2)6-7-16(22)21-10-8-13(9-11-21)19-15-5-3-4-14(20-15)17(18)23/h3,5,12-13H,6-11H2,1-2H3,(H2,18,23)(H,19,20). The van der Waals surface area contributed by atoms with Gasteiger partial charge in [-0.15, -0.1) is 0 Å². The molecule has 23 heavy (non-hydrogen) atoms. The number of amides is 2. The van der Waals surface area contributed by atoms with Gasteiger partial charge in [-0.05, 0) is 37.3 Å². The van der Waals surface area contributed by atoms with E-state index in [2.05, 4.69) is 30.2 Å². The predicted molar refractivity (Wildman–Crippen MR) is 88.9 cm³/mol. The first-order valence-corrected chi connectivity index (χ1v) is 8.18. The molecule has 125 valence electrons. The van der Waals surface area contributed by atoms with Gasteiger partial charge in [0.25, 0.3) is 5.91 Å². The average molecular weight is 317 g/mol. The van der Waals surface area contributed by atoms with Gasteiger partial charge in [-0.2, -0.15) is 0 Å². The van der Waals surface area contributed by atoms with Gasteiger partial charge in [-0.1, -0.05) is 13.8 Å². The van der Waals surface area contributed by atoms with Crippen LogP contribution in [0.2, 0.25) is 0 Å². The molecule has 0 aromatic carbocycles. The van der Waals surface area contributed by atoms with E-state index in [1.165, 1.54) is 0 Å². The number of rotatable bonds is 6. The molecule has 0 unspecified atom stereocenters. The Balaban J connectivity index is 1.81. The summed E-state index contributed by atoms with van der Waals surface area (Å²) in [5, 5.41) is 3.31. The lowest BCUT2D eigenvalue weighted by Gasteiger charge is -2.33. The third-order valence-electron chi connectivity index (χ3n) is 4.06. The molecule has 0 bridgehead atoms. The first-order valence-electron chi connectivity index (χ1n) is 8.18. The van der Waals surface area contributed by atoms with E-state index < -0.39 is 5.91 Å². The van der Waals surface area contributed by atoms with Crippen LogP contribution in [0.3, 0.4) is 0 Å². The Labute approximate surface area is 137 Å². The summed E-state index contributed by atoms with van der Waals surface area (Å²) in [6, 6.07) is 6.37. The van der Waals surface area contributed by atoms with Crippen LogP contribution in [0.25, 0.3) is 0 Å². The Hall–Kier alpha value is -2.11. The number of nitrogens with one attached hydrogen (secondary N) is 1. The fourth-order valence-corrected chi connectivity index (χ4v) is 2.65. The van der Waals surface area contributed by atoms with E-state index in [1.54, 1.807) is 12.1 Å². The summed E-state index contributed by atoms with van der Waals surface area (Å²) in [5.41, 5.74) is 5.35. The van der Waals surface area contributed by atoms with E-state index in [9.17, 15) is 9.59 Å². The van der Waals surface area contributed by atoms with E-state index in [-0.39, 0.29) is 17.6 Å². The molecule has 6 heteroatoms. The van der Waals surface area contributed by atoms with Gasteiger partial charge in [0.05, 0.1) is 0 Å². The van der Waals surface area contributed by atoms with E-state index in [0.717, 1.165) is 32.4 Å². The number of piperidine rings is 1. The Kier molecular flexibility index (Phi) is 5.96. The van der Waals surface area contributed by atoms with Crippen LogP contribution in [0, 0.1) is 12.0 Å². The number of hydrogen-bond acceptors (Lipinski definition) is 4. The SMILES string of the molecule is CC(C)CCC(=O)N1CCC(Nc2cc[c]c(C(N)=O)n2)CC1. The monoisotopic (exact) mass is 317 g/mol. The topological polar surface area (TPSA) is 88.3 Å². The molecule has 2 amide bonds. The van der Waals surface area contributed by atoms with E-state index in [1.807, 2.05) is 4.90 Å². The number of likely N-dealkylation sites (tertiary alicyclic amines) is 1. The molecule has 0 saturated carbocycles. The molecule has 2 rings (SSSR count). The predicted octanol–water partition coefficient (Wildman–Crippen LogP) is 1.82. The molecule has 1 radical (unpaired) electrons. The van der Waals surface area contributed by atoms with Gasteiger partial charge in [0.15, 0.2) is 0 Å². The van der Waals surface area contributed by atoms with Gasteiger partial charge in [-0.3, -0.25) is 9.59 Å². The molecule has 1 aliphatic rings. The summed E-state index contributed by atoms with van der Waals surface area (Å²) >= 11 is 0. The second kappa shape index (κ2) is 7.94. The lowest BCUT2D eigenvalue weighted by atomic mass is 10.0. The summed E-state index contributed by atoms with van der Waals surface area (Å²) < 4.78 is 0. The van der Waals surface area contributed by atoms with Crippen LogP contribution in [-0.4, -0.2) is 40.8 Å². The number of carbonyl (C=O) groups excluding carboxylic acids is 2. The van der Waals surface area contributed by atoms with Crippen LogP contribution >= 0.6 is 0 Å². The molecule has 0 aliphatic carbocycles. The highest BCUT2D eigenvalue weighted by Gasteiger charge is 2.22. The first-order chi connectivity index (χ1) is 11.0. The second-order valence-corrected chi connectivity index (χ2v) is 6.42. The maximum Gasteiger partial charge on any atom is 0.268 e. The average Bonchev–Trinajstić information content (AvgIpc) is 2.53. The summed E-state index contributed by atoms with van der Waals surface area (Å²) in [4.78, 5) is 29.3. The number of hydrogen-bond donors (Lipinski definition) is 2. The van der Waals surface area contributed by atoms with Gasteiger partial charge in [0.2, 0.25) is 5.91 Å². The Morgan fingerprint density at radius 1 is 1.43 bits per heavy atom. The van der Waals surface area contributed by atoms with Gasteiger partial charge in [0, 0.05) is 31.6 Å². The third-order valence-corrected chi connectivity index (χ3v) is 4.06. The van der Waals surface area contributed by atoms with Crippen LogP contribution in [0.15, 0.2) is 12.1 Å². The molecule has 0 spiro atoms. The van der Waals surface area contributed by atoms with Gasteiger partial charge in [0.1, 0.15) is 11.5 Å². The molecule has 1 aromatic heterocycles. The molecule has 1 aromatic rings. The zero-order valence-corrected chi connectivity index (χ0v) is 13.8. The quantitative estimate of drug-likeness (QED) is 0.837. The lowest BCUT2D eigenvalue weighted by Crippen LogP contribution is -2.42. The van der Waals surface area contributed by atoms with E-state index in [4.69, 9.17) is 5.73 Å². The molecule has 3 N–H and O–H groups in total. The maximum atomic E-state index is 12.1. The largest absolute Gasteiger partial charge is 0.367 e. The van der Waals surface area contributed by atoms with Crippen LogP contribution < -0.4 is 11.1 Å². The molecule has 1 fully saturated rings. The fraction of sp³-hybridized carbons (Fsp3) is 0.588. The number of nitrogens with two attached hydrogens (primary N) is 1. The number of primary amides is 1. The van der Waals surface area contributed by atoms with E-state index >= 15 is 0 Å². The summed E-state index contributed by atoms with van der Waals surface area (Å²) in [5.74, 6) is 0.848. The molecular weight excluding hydrogens is 292 g/mol. The van der Waals surface area contributed by atoms with Crippen molar-refractivity contribution in [3.63, 3.8) is 0 Å². The highest BCUT2D eigenvalue weighted by atomic mass is 16.2. The molecule has 2 heterocycles. The van der Waals surface area contributed by atoms with Crippen molar-refractivity contribution in [1.82, 2.24) is 9.88 Å². The van der Waals surface area contributed by atoms with Gasteiger partial charge < -0.3 is 16.0 Å². The smallest absolute Gasteiger partial charge is 0.268 e. The number of carbonyl (C=O) groups is 2. The number of nitrogens with zero attached hydrogens (tertiary/aromatic N) is 2. The Morgan fingerprint density at radius 3 is 2.74 bits per heavy atom. The first kappa shape index (κ1) is 17.2. The minimum Gasteiger partial charge on any atom is -0.367 e. The minimum atomic E-state index is -0.584. The Morgan fingerprint density at radius 2 is 2.13 bits per heavy atom. The number of pyridine rings is 1. The van der Waals surface area contributed by atoms with Crippen LogP contribution in [0.5, 0.6) is 0 Å². The van der Waals surface area contributed by atoms with Crippen molar-refractivity contribution >= 4 is 17.6 Å². The summed E-state index contributed by atoms with van der Waals surface area (Å²) in [7, 11) is 0. The highest BCUT2D eigenvalue weighted by Crippen LogP contribution is 2.17. The zero-order chi connectivity index (χ0) is 16.8. The van der Waals surface area contributed by atoms with Crippen LogP contribution in [-0.2, 0) is 4.79 Å². The molecule has 1 aliphatic heterocycles. The molecule has 6 nitrogen and oxygen atoms in total. The summed E-state index contributed by atoms with van der Waals surface area (Å²) in [6.07, 6.45) is 3.32. The Bertz CT molecular complexity index is 551. The highest BCUT2D eigenvalue weighted by molar-refractivity contribution is 5.90. The van der Waals surface area contributed by atoms with Crippen molar-refractivity contribution < 1.29 is 9.59 Å². The molecule has 0 atom stereocenters. The van der Waals surface area contributed by atoms with Crippen molar-refractivity contribution in [1.29, 1.82) is 0 Å². The van der Waals surface area contributed by atoms with Crippen molar-refractivity contribution in [2.75, 3.05) is 18.4 Å². The zero-order valence-electron chi connectivity index (χ0n) is 13.8. The third kappa shape index (κ3) is 5.23. The van der Waals surface area contributed by atoms with Gasteiger partial charge in [-0.25, -0.2) is 4.98 Å². The van der Waals surface area contributed by atoms with E-state index in [0.29, 0.717) is 18.2 Å². The normalized spacial score (nSPS) is 15.7. The maximum absolute atomic E-state index is 12.1. The summed E-state index contributed by atoms with van der Waals surface area (Å²) in [6.45, 7) is 5.79. The molecule has 1 saturated heterocycles. The van der Waals surface area contributed by atoms with Crippen molar-refractivity contribution in [2.45, 2.75) is 45.6 Å². The van der Waals surface area contributed by atoms with Gasteiger partial charge >= 0.3 is 0 Å². The minimum absolute atomic E-state index is 0.135. The fourth-order valence-electron chi connectivity index (χ4n) is 2.65. The van der Waals surface area contributed by atoms with Crippen LogP contribution in [0.4, 0.5) is 5.82 Å². The lowest BCUT2D eigenvalue weighted by molar-refractivity contribution is -0.132.